The van der Waals surface area contributed by atoms with Gasteiger partial charge in [-0.05, 0) is 49.9 Å². The first-order chi connectivity index (χ1) is 9.50. The molecule has 0 aromatic carbocycles. The number of likely N-dealkylation sites (tertiary alicyclic amines) is 1. The number of nitrogens with zero attached hydrogens (tertiary/aromatic N) is 2. The molecule has 0 bridgehead atoms. The monoisotopic (exact) mass is 295 g/mol. The van der Waals surface area contributed by atoms with Gasteiger partial charge in [-0.1, -0.05) is 32.4 Å². The van der Waals surface area contributed by atoms with E-state index in [1.54, 1.807) is 0 Å². The van der Waals surface area contributed by atoms with Gasteiger partial charge in [0.1, 0.15) is 5.82 Å². The fraction of sp³-hybridized carbons (Fsp3) is 0.688. The van der Waals surface area contributed by atoms with E-state index in [2.05, 4.69) is 36.0 Å². The zero-order chi connectivity index (χ0) is 14.6. The van der Waals surface area contributed by atoms with Crippen LogP contribution in [0.3, 0.4) is 0 Å². The van der Waals surface area contributed by atoms with Crippen LogP contribution in [0.4, 0.5) is 5.82 Å². The molecule has 0 saturated carbocycles. The van der Waals surface area contributed by atoms with Gasteiger partial charge in [-0.3, -0.25) is 4.90 Å². The van der Waals surface area contributed by atoms with E-state index in [0.717, 1.165) is 49.1 Å². The van der Waals surface area contributed by atoms with Gasteiger partial charge in [0, 0.05) is 13.1 Å². The number of halogens is 1. The molecule has 0 aliphatic carbocycles. The van der Waals surface area contributed by atoms with Crippen molar-refractivity contribution in [1.82, 2.24) is 9.88 Å². The average Bonchev–Trinajstić information content (AvgIpc) is 2.42. The first-order valence-electron chi connectivity index (χ1n) is 7.62. The summed E-state index contributed by atoms with van der Waals surface area (Å²) in [4.78, 5) is 7.12. The summed E-state index contributed by atoms with van der Waals surface area (Å²) in [5.41, 5.74) is 1.48. The SMILES string of the molecule is CCCNc1ccc(Cl)c(CN2CCC(C)(C)CC2)n1. The molecule has 0 atom stereocenters. The third kappa shape index (κ3) is 4.35. The molecule has 1 aromatic heterocycles. The van der Waals surface area contributed by atoms with Gasteiger partial charge < -0.3 is 5.32 Å². The molecule has 0 radical (unpaired) electrons. The number of nitrogens with one attached hydrogen (secondary N) is 1. The van der Waals surface area contributed by atoms with Gasteiger partial charge in [0.25, 0.3) is 0 Å². The Bertz CT molecular complexity index is 435. The second kappa shape index (κ2) is 6.77. The van der Waals surface area contributed by atoms with Crippen molar-refractivity contribution in [2.45, 2.75) is 46.6 Å². The van der Waals surface area contributed by atoms with Crippen LogP contribution in [0.25, 0.3) is 0 Å². The first kappa shape index (κ1) is 15.6. The summed E-state index contributed by atoms with van der Waals surface area (Å²) in [5.74, 6) is 0.934. The predicted octanol–water partition coefficient (Wildman–Crippen LogP) is 4.18. The molecule has 0 amide bonds. The lowest BCUT2D eigenvalue weighted by molar-refractivity contribution is 0.126. The van der Waals surface area contributed by atoms with E-state index in [-0.39, 0.29) is 0 Å². The highest BCUT2D eigenvalue weighted by atomic mass is 35.5. The zero-order valence-corrected chi connectivity index (χ0v) is 13.6. The summed E-state index contributed by atoms with van der Waals surface area (Å²) in [7, 11) is 0. The van der Waals surface area contributed by atoms with Crippen LogP contribution in [0.15, 0.2) is 12.1 Å². The van der Waals surface area contributed by atoms with Crippen LogP contribution in [-0.2, 0) is 6.54 Å². The van der Waals surface area contributed by atoms with Crippen molar-refractivity contribution in [2.24, 2.45) is 5.41 Å². The lowest BCUT2D eigenvalue weighted by Crippen LogP contribution is -2.37. The lowest BCUT2D eigenvalue weighted by Gasteiger charge is -2.36. The third-order valence-electron chi connectivity index (χ3n) is 4.06. The molecule has 2 rings (SSSR count). The van der Waals surface area contributed by atoms with Gasteiger partial charge in [0.05, 0.1) is 10.7 Å². The fourth-order valence-electron chi connectivity index (χ4n) is 2.48. The molecule has 1 aromatic rings. The van der Waals surface area contributed by atoms with Crippen LogP contribution >= 0.6 is 11.6 Å². The van der Waals surface area contributed by atoms with Gasteiger partial charge in [0.15, 0.2) is 0 Å². The Balaban J connectivity index is 1.98. The minimum Gasteiger partial charge on any atom is -0.370 e. The Hall–Kier alpha value is -0.800. The largest absolute Gasteiger partial charge is 0.370 e. The highest BCUT2D eigenvalue weighted by Gasteiger charge is 2.25. The highest BCUT2D eigenvalue weighted by Crippen LogP contribution is 2.30. The van der Waals surface area contributed by atoms with E-state index in [1.807, 2.05) is 12.1 Å². The van der Waals surface area contributed by atoms with Crippen LogP contribution in [0.1, 0.15) is 45.7 Å². The molecule has 1 aliphatic rings. The molecule has 2 heterocycles. The smallest absolute Gasteiger partial charge is 0.126 e. The maximum absolute atomic E-state index is 6.29. The second-order valence-electron chi connectivity index (χ2n) is 6.49. The van der Waals surface area contributed by atoms with E-state index < -0.39 is 0 Å². The third-order valence-corrected chi connectivity index (χ3v) is 4.40. The van der Waals surface area contributed by atoms with Crippen LogP contribution in [0, 0.1) is 5.41 Å². The van der Waals surface area contributed by atoms with E-state index in [0.29, 0.717) is 5.41 Å². The van der Waals surface area contributed by atoms with Crippen molar-refractivity contribution in [1.29, 1.82) is 0 Å². The van der Waals surface area contributed by atoms with Crippen molar-refractivity contribution in [2.75, 3.05) is 25.0 Å². The number of pyridine rings is 1. The highest BCUT2D eigenvalue weighted by molar-refractivity contribution is 6.31. The zero-order valence-electron chi connectivity index (χ0n) is 12.9. The van der Waals surface area contributed by atoms with E-state index >= 15 is 0 Å². The average molecular weight is 296 g/mol. The molecular formula is C16H26ClN3. The summed E-state index contributed by atoms with van der Waals surface area (Å²) < 4.78 is 0. The molecule has 4 heteroatoms. The minimum atomic E-state index is 0.484. The number of aromatic nitrogens is 1. The first-order valence-corrected chi connectivity index (χ1v) is 7.99. The maximum atomic E-state index is 6.29. The molecule has 1 N–H and O–H groups in total. The second-order valence-corrected chi connectivity index (χ2v) is 6.90. The maximum Gasteiger partial charge on any atom is 0.126 e. The molecule has 0 unspecified atom stereocenters. The summed E-state index contributed by atoms with van der Waals surface area (Å²) in [6.45, 7) is 10.9. The van der Waals surface area contributed by atoms with E-state index in [9.17, 15) is 0 Å². The summed E-state index contributed by atoms with van der Waals surface area (Å²) in [5, 5.41) is 4.10. The van der Waals surface area contributed by atoms with E-state index in [1.165, 1.54) is 12.8 Å². The van der Waals surface area contributed by atoms with Crippen molar-refractivity contribution < 1.29 is 0 Å². The van der Waals surface area contributed by atoms with Crippen molar-refractivity contribution in [3.63, 3.8) is 0 Å². The molecule has 1 saturated heterocycles. The normalized spacial score (nSPS) is 19.0. The van der Waals surface area contributed by atoms with E-state index in [4.69, 9.17) is 11.6 Å². The van der Waals surface area contributed by atoms with Gasteiger partial charge in [-0.15, -0.1) is 0 Å². The topological polar surface area (TPSA) is 28.2 Å². The van der Waals surface area contributed by atoms with Crippen LogP contribution < -0.4 is 5.32 Å². The number of piperidine rings is 1. The molecule has 1 aliphatic heterocycles. The number of hydrogen-bond acceptors (Lipinski definition) is 3. The lowest BCUT2D eigenvalue weighted by atomic mass is 9.83. The molecule has 0 spiro atoms. The Kier molecular flexibility index (Phi) is 5.28. The minimum absolute atomic E-state index is 0.484. The molecule has 1 fully saturated rings. The number of rotatable bonds is 5. The number of anilines is 1. The summed E-state index contributed by atoms with van der Waals surface area (Å²) in [6, 6.07) is 3.91. The van der Waals surface area contributed by atoms with Gasteiger partial charge in [-0.2, -0.15) is 0 Å². The molecule has 3 nitrogen and oxygen atoms in total. The Morgan fingerprint density at radius 1 is 1.30 bits per heavy atom. The summed E-state index contributed by atoms with van der Waals surface area (Å²) in [6.07, 6.45) is 3.59. The molecule has 112 valence electrons. The Labute approximate surface area is 127 Å². The Morgan fingerprint density at radius 3 is 2.65 bits per heavy atom. The van der Waals surface area contributed by atoms with Crippen molar-refractivity contribution >= 4 is 17.4 Å². The van der Waals surface area contributed by atoms with Gasteiger partial charge >= 0.3 is 0 Å². The van der Waals surface area contributed by atoms with Crippen molar-refractivity contribution in [3.05, 3.63) is 22.8 Å². The predicted molar refractivity (Wildman–Crippen MR) is 86.3 cm³/mol. The van der Waals surface area contributed by atoms with Gasteiger partial charge in [-0.25, -0.2) is 4.98 Å². The van der Waals surface area contributed by atoms with Crippen LogP contribution in [0.5, 0.6) is 0 Å². The van der Waals surface area contributed by atoms with Crippen LogP contribution in [-0.4, -0.2) is 29.5 Å². The van der Waals surface area contributed by atoms with Crippen molar-refractivity contribution in [3.8, 4) is 0 Å². The molecular weight excluding hydrogens is 270 g/mol. The standard InChI is InChI=1S/C16H26ClN3/c1-4-9-18-15-6-5-13(17)14(19-15)12-20-10-7-16(2,3)8-11-20/h5-6H,4,7-12H2,1-3H3,(H,18,19). The quantitative estimate of drug-likeness (QED) is 0.883. The molecule has 20 heavy (non-hydrogen) atoms. The van der Waals surface area contributed by atoms with Crippen LogP contribution in [0.2, 0.25) is 5.02 Å². The summed E-state index contributed by atoms with van der Waals surface area (Å²) >= 11 is 6.29. The Morgan fingerprint density at radius 2 is 2.00 bits per heavy atom. The fourth-order valence-corrected chi connectivity index (χ4v) is 2.64. The number of hydrogen-bond donors (Lipinski definition) is 1. The van der Waals surface area contributed by atoms with Gasteiger partial charge in [0.2, 0.25) is 0 Å².